The van der Waals surface area contributed by atoms with Gasteiger partial charge in [-0.1, -0.05) is 55.3 Å². The molecule has 25 heavy (non-hydrogen) atoms. The molecule has 0 saturated carbocycles. The molecule has 0 fully saturated rings. The summed E-state index contributed by atoms with van der Waals surface area (Å²) in [7, 11) is 0. The van der Waals surface area contributed by atoms with Crippen molar-refractivity contribution in [2.45, 2.75) is 38.5 Å². The zero-order chi connectivity index (χ0) is 17.1. The Balaban J connectivity index is 1.91. The minimum absolute atomic E-state index is 0.769. The molecule has 126 valence electrons. The van der Waals surface area contributed by atoms with Crippen LogP contribution in [0.2, 0.25) is 0 Å². The lowest BCUT2D eigenvalue weighted by Crippen LogP contribution is -2.08. The minimum atomic E-state index is 0.769. The Morgan fingerprint density at radius 1 is 0.640 bits per heavy atom. The smallest absolute Gasteiger partial charge is 0.0965 e. The molecule has 2 aromatic carbocycles. The van der Waals surface area contributed by atoms with Gasteiger partial charge in [0.15, 0.2) is 0 Å². The maximum atomic E-state index is 6.00. The molecule has 3 aromatic rings. The van der Waals surface area contributed by atoms with E-state index in [9.17, 15) is 0 Å². The van der Waals surface area contributed by atoms with Crippen molar-refractivity contribution in [1.29, 1.82) is 0 Å². The normalized spacial score (nSPS) is 14.4. The molecule has 1 aromatic heterocycles. The summed E-state index contributed by atoms with van der Waals surface area (Å²) >= 11 is 0. The number of anilines is 1. The predicted molar refractivity (Wildman–Crippen MR) is 103 cm³/mol. The average Bonchev–Trinajstić information content (AvgIpc) is 2.62. The van der Waals surface area contributed by atoms with Crippen molar-refractivity contribution in [2.24, 2.45) is 0 Å². The molecule has 0 radical (unpaired) electrons. The van der Waals surface area contributed by atoms with E-state index in [0.29, 0.717) is 0 Å². The quantitative estimate of drug-likeness (QED) is 0.669. The Morgan fingerprint density at radius 2 is 1.24 bits per heavy atom. The summed E-state index contributed by atoms with van der Waals surface area (Å²) in [5.41, 5.74) is 13.8. The lowest BCUT2D eigenvalue weighted by molar-refractivity contribution is 0.614. The van der Waals surface area contributed by atoms with Crippen molar-refractivity contribution < 1.29 is 0 Å². The average molecular weight is 329 g/mol. The Bertz CT molecular complexity index is 872. The van der Waals surface area contributed by atoms with E-state index in [0.717, 1.165) is 41.0 Å². The van der Waals surface area contributed by atoms with E-state index in [4.69, 9.17) is 5.73 Å². The van der Waals surface area contributed by atoms with E-state index in [-0.39, 0.29) is 0 Å². The Kier molecular flexibility index (Phi) is 4.47. The fourth-order valence-corrected chi connectivity index (χ4v) is 3.75. The SMILES string of the molecule is Nc1cccc(-c2nnc(-c3ccccc3)c3c2CCCCCC3)c1. The van der Waals surface area contributed by atoms with Crippen LogP contribution in [0.3, 0.4) is 0 Å². The first-order valence-electron chi connectivity index (χ1n) is 9.13. The van der Waals surface area contributed by atoms with Crippen LogP contribution in [0.4, 0.5) is 5.69 Å². The summed E-state index contributed by atoms with van der Waals surface area (Å²) in [6, 6.07) is 18.4. The van der Waals surface area contributed by atoms with Crippen LogP contribution < -0.4 is 5.73 Å². The van der Waals surface area contributed by atoms with Gasteiger partial charge in [0, 0.05) is 16.8 Å². The van der Waals surface area contributed by atoms with Gasteiger partial charge < -0.3 is 5.73 Å². The molecule has 0 amide bonds. The monoisotopic (exact) mass is 329 g/mol. The van der Waals surface area contributed by atoms with Crippen molar-refractivity contribution >= 4 is 5.69 Å². The molecule has 0 unspecified atom stereocenters. The second-order valence-electron chi connectivity index (χ2n) is 6.76. The number of hydrogen-bond donors (Lipinski definition) is 1. The summed E-state index contributed by atoms with van der Waals surface area (Å²) in [5, 5.41) is 9.30. The molecule has 4 rings (SSSR count). The molecule has 0 aliphatic heterocycles. The van der Waals surface area contributed by atoms with E-state index < -0.39 is 0 Å². The van der Waals surface area contributed by atoms with Crippen molar-refractivity contribution in [3.05, 3.63) is 65.7 Å². The highest BCUT2D eigenvalue weighted by Crippen LogP contribution is 2.34. The maximum Gasteiger partial charge on any atom is 0.0965 e. The first kappa shape index (κ1) is 15.8. The molecule has 3 heteroatoms. The van der Waals surface area contributed by atoms with E-state index in [1.807, 2.05) is 24.3 Å². The minimum Gasteiger partial charge on any atom is -0.399 e. The molecule has 0 saturated heterocycles. The molecular formula is C22H23N3. The summed E-state index contributed by atoms with van der Waals surface area (Å²) in [5.74, 6) is 0. The number of rotatable bonds is 2. The van der Waals surface area contributed by atoms with Crippen LogP contribution in [-0.2, 0) is 12.8 Å². The van der Waals surface area contributed by atoms with Gasteiger partial charge in [0.2, 0.25) is 0 Å². The molecule has 1 aliphatic carbocycles. The zero-order valence-corrected chi connectivity index (χ0v) is 14.4. The number of benzene rings is 2. The van der Waals surface area contributed by atoms with Gasteiger partial charge in [-0.05, 0) is 48.9 Å². The van der Waals surface area contributed by atoms with Crippen LogP contribution >= 0.6 is 0 Å². The lowest BCUT2D eigenvalue weighted by atomic mass is 9.88. The number of aromatic nitrogens is 2. The van der Waals surface area contributed by atoms with Crippen LogP contribution in [0.25, 0.3) is 22.5 Å². The third kappa shape index (κ3) is 3.27. The van der Waals surface area contributed by atoms with Crippen LogP contribution in [0.5, 0.6) is 0 Å². The number of hydrogen-bond acceptors (Lipinski definition) is 3. The van der Waals surface area contributed by atoms with Gasteiger partial charge in [-0.15, -0.1) is 10.2 Å². The van der Waals surface area contributed by atoms with E-state index in [1.54, 1.807) is 0 Å². The van der Waals surface area contributed by atoms with E-state index >= 15 is 0 Å². The van der Waals surface area contributed by atoms with Crippen molar-refractivity contribution in [1.82, 2.24) is 10.2 Å². The highest BCUT2D eigenvalue weighted by molar-refractivity contribution is 5.73. The number of nitrogens with two attached hydrogens (primary N) is 1. The van der Waals surface area contributed by atoms with Crippen LogP contribution in [0, 0.1) is 0 Å². The third-order valence-corrected chi connectivity index (χ3v) is 5.00. The number of nitrogen functional groups attached to an aromatic ring is 1. The zero-order valence-electron chi connectivity index (χ0n) is 14.4. The predicted octanol–water partition coefficient (Wildman–Crippen LogP) is 5.05. The molecule has 2 N–H and O–H groups in total. The summed E-state index contributed by atoms with van der Waals surface area (Å²) in [6.07, 6.45) is 7.15. The maximum absolute atomic E-state index is 6.00. The van der Waals surface area contributed by atoms with Gasteiger partial charge in [-0.2, -0.15) is 0 Å². The standard InChI is InChI=1S/C22H23N3/c23-18-12-8-11-17(15-18)22-20-14-7-2-1-6-13-19(20)21(24-25-22)16-9-4-3-5-10-16/h3-5,8-12,15H,1-2,6-7,13-14,23H2. The molecular weight excluding hydrogens is 306 g/mol. The topological polar surface area (TPSA) is 51.8 Å². The van der Waals surface area contributed by atoms with Gasteiger partial charge in [0.25, 0.3) is 0 Å². The molecule has 0 bridgehead atoms. The van der Waals surface area contributed by atoms with Crippen molar-refractivity contribution in [2.75, 3.05) is 5.73 Å². The Morgan fingerprint density at radius 3 is 1.88 bits per heavy atom. The molecule has 3 nitrogen and oxygen atoms in total. The lowest BCUT2D eigenvalue weighted by Gasteiger charge is -2.20. The first-order chi connectivity index (χ1) is 12.3. The van der Waals surface area contributed by atoms with Gasteiger partial charge >= 0.3 is 0 Å². The fraction of sp³-hybridized carbons (Fsp3) is 0.273. The van der Waals surface area contributed by atoms with Crippen molar-refractivity contribution in [3.8, 4) is 22.5 Å². The van der Waals surface area contributed by atoms with Crippen LogP contribution in [0.1, 0.15) is 36.8 Å². The van der Waals surface area contributed by atoms with Gasteiger partial charge in [0.05, 0.1) is 11.4 Å². The van der Waals surface area contributed by atoms with Gasteiger partial charge in [-0.25, -0.2) is 0 Å². The molecule has 1 aliphatic rings. The first-order valence-corrected chi connectivity index (χ1v) is 9.13. The fourth-order valence-electron chi connectivity index (χ4n) is 3.75. The largest absolute Gasteiger partial charge is 0.399 e. The highest BCUT2D eigenvalue weighted by Gasteiger charge is 2.19. The summed E-state index contributed by atoms with van der Waals surface area (Å²) in [4.78, 5) is 0. The van der Waals surface area contributed by atoms with Crippen molar-refractivity contribution in [3.63, 3.8) is 0 Å². The van der Waals surface area contributed by atoms with Crippen LogP contribution in [-0.4, -0.2) is 10.2 Å². The highest BCUT2D eigenvalue weighted by atomic mass is 15.1. The van der Waals surface area contributed by atoms with Gasteiger partial charge in [-0.3, -0.25) is 0 Å². The third-order valence-electron chi connectivity index (χ3n) is 5.00. The number of nitrogens with zero attached hydrogens (tertiary/aromatic N) is 2. The molecule has 0 spiro atoms. The Hall–Kier alpha value is -2.68. The summed E-state index contributed by atoms with van der Waals surface area (Å²) < 4.78 is 0. The van der Waals surface area contributed by atoms with Gasteiger partial charge in [0.1, 0.15) is 0 Å². The van der Waals surface area contributed by atoms with Crippen LogP contribution in [0.15, 0.2) is 54.6 Å². The summed E-state index contributed by atoms with van der Waals surface area (Å²) in [6.45, 7) is 0. The molecule has 1 heterocycles. The molecule has 0 atom stereocenters. The second kappa shape index (κ2) is 7.06. The number of fused-ring (bicyclic) bond motifs is 1. The second-order valence-corrected chi connectivity index (χ2v) is 6.76. The Labute approximate surface area is 148 Å². The van der Waals surface area contributed by atoms with E-state index in [1.165, 1.54) is 36.8 Å². The van der Waals surface area contributed by atoms with E-state index in [2.05, 4.69) is 40.5 Å².